The Morgan fingerprint density at radius 1 is 1.10 bits per heavy atom. The van der Waals surface area contributed by atoms with Crippen molar-refractivity contribution >= 4 is 34.5 Å². The van der Waals surface area contributed by atoms with E-state index >= 15 is 0 Å². The number of benzene rings is 2. The lowest BCUT2D eigenvalue weighted by Crippen LogP contribution is -2.10. The van der Waals surface area contributed by atoms with Crippen molar-refractivity contribution in [3.63, 3.8) is 0 Å². The van der Waals surface area contributed by atoms with E-state index in [4.69, 9.17) is 5.73 Å². The van der Waals surface area contributed by atoms with Crippen molar-refractivity contribution in [2.45, 2.75) is 23.6 Å². The van der Waals surface area contributed by atoms with E-state index in [0.717, 1.165) is 22.6 Å². The van der Waals surface area contributed by atoms with Gasteiger partial charge in [-0.2, -0.15) is 0 Å². The molecule has 0 saturated carbocycles. The molecule has 0 bridgehead atoms. The zero-order valence-corrected chi connectivity index (χ0v) is 13.1. The molecule has 0 aromatic heterocycles. The Bertz CT molecular complexity index is 693. The van der Waals surface area contributed by atoms with Crippen molar-refractivity contribution < 1.29 is 0 Å². The molecule has 3 N–H and O–H groups in total. The van der Waals surface area contributed by atoms with E-state index in [1.54, 1.807) is 11.8 Å². The summed E-state index contributed by atoms with van der Waals surface area (Å²) in [6.07, 6.45) is 0. The second-order valence-electron chi connectivity index (χ2n) is 5.41. The third-order valence-electron chi connectivity index (χ3n) is 3.74. The molecule has 0 amide bonds. The Morgan fingerprint density at radius 3 is 2.55 bits per heavy atom. The van der Waals surface area contributed by atoms with Crippen LogP contribution in [0.25, 0.3) is 0 Å². The number of anilines is 4. The van der Waals surface area contributed by atoms with E-state index in [9.17, 15) is 0 Å². The molecule has 2 aromatic carbocycles. The molecule has 104 valence electrons. The van der Waals surface area contributed by atoms with E-state index in [1.807, 2.05) is 0 Å². The van der Waals surface area contributed by atoms with Gasteiger partial charge in [0.2, 0.25) is 0 Å². The summed E-state index contributed by atoms with van der Waals surface area (Å²) in [5, 5.41) is 3.52. The van der Waals surface area contributed by atoms with Crippen LogP contribution in [0.3, 0.4) is 0 Å². The van der Waals surface area contributed by atoms with Gasteiger partial charge in [0, 0.05) is 35.3 Å². The molecule has 3 nitrogen and oxygen atoms in total. The van der Waals surface area contributed by atoms with Gasteiger partial charge in [-0.1, -0.05) is 11.8 Å². The van der Waals surface area contributed by atoms with Gasteiger partial charge in [0.1, 0.15) is 0 Å². The molecule has 2 aromatic rings. The van der Waals surface area contributed by atoms with Crippen molar-refractivity contribution in [2.75, 3.05) is 30.0 Å². The summed E-state index contributed by atoms with van der Waals surface area (Å²) in [5.74, 6) is 0. The molecule has 20 heavy (non-hydrogen) atoms. The molecule has 1 heterocycles. The molecule has 0 spiro atoms. The predicted octanol–water partition coefficient (Wildman–Crippen LogP) is 4.16. The highest BCUT2D eigenvalue weighted by Gasteiger charge is 2.20. The van der Waals surface area contributed by atoms with Gasteiger partial charge in [-0.3, -0.25) is 0 Å². The van der Waals surface area contributed by atoms with Gasteiger partial charge in [0.05, 0.1) is 11.4 Å². The zero-order valence-electron chi connectivity index (χ0n) is 12.2. The summed E-state index contributed by atoms with van der Waals surface area (Å²) in [7, 11) is 4.12. The molecule has 1 aliphatic rings. The van der Waals surface area contributed by atoms with Crippen molar-refractivity contribution in [3.05, 3.63) is 35.4 Å². The Hall–Kier alpha value is -1.81. The first-order valence-electron chi connectivity index (χ1n) is 6.63. The minimum Gasteiger partial charge on any atom is -0.398 e. The van der Waals surface area contributed by atoms with Gasteiger partial charge < -0.3 is 16.0 Å². The molecule has 0 saturated heterocycles. The number of nitrogens with one attached hydrogen (secondary N) is 1. The summed E-state index contributed by atoms with van der Waals surface area (Å²) in [6, 6.07) is 8.62. The summed E-state index contributed by atoms with van der Waals surface area (Å²) >= 11 is 1.79. The third-order valence-corrected chi connectivity index (χ3v) is 5.03. The van der Waals surface area contributed by atoms with Crippen molar-refractivity contribution in [1.29, 1.82) is 0 Å². The van der Waals surface area contributed by atoms with Crippen LogP contribution in [-0.4, -0.2) is 14.1 Å². The third kappa shape index (κ3) is 2.00. The number of nitrogens with two attached hydrogens (primary N) is 1. The van der Waals surface area contributed by atoms with Crippen LogP contribution in [0.5, 0.6) is 0 Å². The Kier molecular flexibility index (Phi) is 3.05. The first-order chi connectivity index (χ1) is 9.47. The highest BCUT2D eigenvalue weighted by atomic mass is 32.2. The van der Waals surface area contributed by atoms with Crippen molar-refractivity contribution in [3.8, 4) is 0 Å². The fourth-order valence-corrected chi connectivity index (χ4v) is 3.55. The maximum Gasteiger partial charge on any atom is 0.0533 e. The van der Waals surface area contributed by atoms with E-state index in [0.29, 0.717) is 0 Å². The van der Waals surface area contributed by atoms with Crippen LogP contribution in [0.15, 0.2) is 34.1 Å². The standard InChI is InChI=1S/C16H19N3S/c1-9-7-13-16(10(2)15(9)17)20-14-8-11(19(3)4)5-6-12(14)18-13/h5-8,18H,17H2,1-4H3. The molecule has 0 radical (unpaired) electrons. The smallest absolute Gasteiger partial charge is 0.0533 e. The van der Waals surface area contributed by atoms with Crippen LogP contribution in [0.2, 0.25) is 0 Å². The van der Waals surface area contributed by atoms with E-state index in [1.165, 1.54) is 21.0 Å². The number of fused-ring (bicyclic) bond motifs is 2. The number of hydrogen-bond donors (Lipinski definition) is 2. The van der Waals surface area contributed by atoms with E-state index < -0.39 is 0 Å². The molecule has 0 unspecified atom stereocenters. The van der Waals surface area contributed by atoms with Crippen LogP contribution in [0.1, 0.15) is 11.1 Å². The second kappa shape index (κ2) is 4.63. The molecular formula is C16H19N3S. The van der Waals surface area contributed by atoms with Gasteiger partial charge in [-0.15, -0.1) is 0 Å². The second-order valence-corrected chi connectivity index (χ2v) is 6.46. The van der Waals surface area contributed by atoms with Crippen LogP contribution >= 0.6 is 11.8 Å². The van der Waals surface area contributed by atoms with Crippen molar-refractivity contribution in [2.24, 2.45) is 0 Å². The molecule has 0 aliphatic carbocycles. The minimum absolute atomic E-state index is 0.894. The Balaban J connectivity index is 2.10. The van der Waals surface area contributed by atoms with Gasteiger partial charge in [-0.05, 0) is 49.2 Å². The zero-order chi connectivity index (χ0) is 14.4. The highest BCUT2D eigenvalue weighted by Crippen LogP contribution is 2.48. The summed E-state index contributed by atoms with van der Waals surface area (Å²) in [4.78, 5) is 4.60. The number of aryl methyl sites for hydroxylation is 1. The first-order valence-corrected chi connectivity index (χ1v) is 7.45. The summed E-state index contributed by atoms with van der Waals surface area (Å²) in [5.41, 5.74) is 12.9. The van der Waals surface area contributed by atoms with Crippen LogP contribution in [-0.2, 0) is 0 Å². The maximum absolute atomic E-state index is 6.15. The van der Waals surface area contributed by atoms with Crippen LogP contribution < -0.4 is 16.0 Å². The highest BCUT2D eigenvalue weighted by molar-refractivity contribution is 7.99. The number of rotatable bonds is 1. The van der Waals surface area contributed by atoms with Gasteiger partial charge in [0.15, 0.2) is 0 Å². The molecule has 0 atom stereocenters. The SMILES string of the molecule is Cc1cc2c(c(C)c1N)Sc1cc(N(C)C)ccc1N2. The van der Waals surface area contributed by atoms with Gasteiger partial charge in [0.25, 0.3) is 0 Å². The van der Waals surface area contributed by atoms with Crippen LogP contribution in [0.4, 0.5) is 22.7 Å². The average Bonchev–Trinajstić information content (AvgIpc) is 2.43. The largest absolute Gasteiger partial charge is 0.398 e. The minimum atomic E-state index is 0.894. The number of nitrogen functional groups attached to an aromatic ring is 1. The van der Waals surface area contributed by atoms with Crippen molar-refractivity contribution in [1.82, 2.24) is 0 Å². The average molecular weight is 285 g/mol. The predicted molar refractivity (Wildman–Crippen MR) is 88.5 cm³/mol. The van der Waals surface area contributed by atoms with E-state index in [-0.39, 0.29) is 0 Å². The quantitative estimate of drug-likeness (QED) is 0.659. The van der Waals surface area contributed by atoms with Gasteiger partial charge >= 0.3 is 0 Å². The molecule has 1 aliphatic heterocycles. The summed E-state index contributed by atoms with van der Waals surface area (Å²) in [6.45, 7) is 4.15. The molecule has 4 heteroatoms. The topological polar surface area (TPSA) is 41.3 Å². The molecule has 0 fully saturated rings. The Labute approximate surface area is 124 Å². The summed E-state index contributed by atoms with van der Waals surface area (Å²) < 4.78 is 0. The lowest BCUT2D eigenvalue weighted by Gasteiger charge is -2.25. The molecular weight excluding hydrogens is 266 g/mol. The number of hydrogen-bond acceptors (Lipinski definition) is 4. The fourth-order valence-electron chi connectivity index (χ4n) is 2.44. The lowest BCUT2D eigenvalue weighted by molar-refractivity contribution is 1.12. The normalized spacial score (nSPS) is 12.4. The number of nitrogens with zero attached hydrogens (tertiary/aromatic N) is 1. The lowest BCUT2D eigenvalue weighted by atomic mass is 10.1. The van der Waals surface area contributed by atoms with Gasteiger partial charge in [-0.25, -0.2) is 0 Å². The molecule has 3 rings (SSSR count). The van der Waals surface area contributed by atoms with Crippen LogP contribution in [0, 0.1) is 13.8 Å². The monoisotopic (exact) mass is 285 g/mol. The fraction of sp³-hybridized carbons (Fsp3) is 0.250. The maximum atomic E-state index is 6.15. The van der Waals surface area contributed by atoms with E-state index in [2.05, 4.69) is 62.4 Å². The Morgan fingerprint density at radius 2 is 1.85 bits per heavy atom. The first kappa shape index (κ1) is 13.2.